The van der Waals surface area contributed by atoms with Crippen LogP contribution in [0.2, 0.25) is 0 Å². The highest BCUT2D eigenvalue weighted by Gasteiger charge is 2.26. The summed E-state index contributed by atoms with van der Waals surface area (Å²) in [6.45, 7) is 3.06. The first kappa shape index (κ1) is 15.6. The molecule has 0 aliphatic carbocycles. The van der Waals surface area contributed by atoms with Crippen LogP contribution >= 0.6 is 0 Å². The van der Waals surface area contributed by atoms with Gasteiger partial charge < -0.3 is 10.0 Å². The standard InChI is InChI=1S/C13H16N2O5/c1-8-5-4-6-10(15(19)20)11(8)12(16)14(3)7-9(2)13(17)18/h4-6,9H,7H2,1-3H3,(H,17,18). The molecule has 0 aliphatic heterocycles. The topological polar surface area (TPSA) is 101 Å². The van der Waals surface area contributed by atoms with Crippen LogP contribution in [-0.4, -0.2) is 40.4 Å². The molecule has 0 saturated carbocycles. The Bertz CT molecular complexity index is 556. The molecule has 0 fully saturated rings. The average molecular weight is 280 g/mol. The molecule has 1 amide bonds. The largest absolute Gasteiger partial charge is 0.481 e. The molecule has 7 heteroatoms. The number of aryl methyl sites for hydroxylation is 1. The SMILES string of the molecule is Cc1cccc([N+](=O)[O-])c1C(=O)N(C)CC(C)C(=O)O. The zero-order valence-corrected chi connectivity index (χ0v) is 11.5. The number of nitro groups is 1. The molecule has 1 N–H and O–H groups in total. The normalized spacial score (nSPS) is 11.8. The van der Waals surface area contributed by atoms with Crippen molar-refractivity contribution < 1.29 is 19.6 Å². The Balaban J connectivity index is 3.09. The summed E-state index contributed by atoms with van der Waals surface area (Å²) in [5.74, 6) is -2.32. The predicted octanol–water partition coefficient (Wildman–Crippen LogP) is 1.70. The van der Waals surface area contributed by atoms with Gasteiger partial charge in [-0.15, -0.1) is 0 Å². The van der Waals surface area contributed by atoms with E-state index in [9.17, 15) is 19.7 Å². The molecule has 7 nitrogen and oxygen atoms in total. The molecule has 0 heterocycles. The third kappa shape index (κ3) is 3.31. The van der Waals surface area contributed by atoms with Crippen LogP contribution in [0.3, 0.4) is 0 Å². The van der Waals surface area contributed by atoms with E-state index in [0.717, 1.165) is 0 Å². The number of aliphatic carboxylic acids is 1. The van der Waals surface area contributed by atoms with Gasteiger partial charge in [0, 0.05) is 19.7 Å². The van der Waals surface area contributed by atoms with Crippen molar-refractivity contribution in [2.75, 3.05) is 13.6 Å². The number of nitro benzene ring substituents is 1. The van der Waals surface area contributed by atoms with E-state index in [2.05, 4.69) is 0 Å². The Morgan fingerprint density at radius 3 is 2.55 bits per heavy atom. The van der Waals surface area contributed by atoms with Gasteiger partial charge in [0.15, 0.2) is 0 Å². The first-order chi connectivity index (χ1) is 9.25. The molecule has 0 saturated heterocycles. The summed E-state index contributed by atoms with van der Waals surface area (Å²) in [5, 5.41) is 19.8. The minimum absolute atomic E-state index is 0.00223. The van der Waals surface area contributed by atoms with E-state index < -0.39 is 22.7 Å². The molecule has 20 heavy (non-hydrogen) atoms. The van der Waals surface area contributed by atoms with Crippen molar-refractivity contribution in [2.24, 2.45) is 5.92 Å². The molecule has 1 rings (SSSR count). The maximum absolute atomic E-state index is 12.3. The molecule has 108 valence electrons. The molecule has 1 aromatic rings. The summed E-state index contributed by atoms with van der Waals surface area (Å²) in [6, 6.07) is 4.37. The number of nitrogens with zero attached hydrogens (tertiary/aromatic N) is 2. The average Bonchev–Trinajstić information content (AvgIpc) is 2.37. The van der Waals surface area contributed by atoms with Gasteiger partial charge in [0.2, 0.25) is 0 Å². The third-order valence-electron chi connectivity index (χ3n) is 2.98. The molecule has 1 aromatic carbocycles. The van der Waals surface area contributed by atoms with Gasteiger partial charge in [0.05, 0.1) is 10.8 Å². The lowest BCUT2D eigenvalue weighted by atomic mass is 10.0. The number of hydrogen-bond donors (Lipinski definition) is 1. The zero-order chi connectivity index (χ0) is 15.4. The van der Waals surface area contributed by atoms with Crippen LogP contribution in [0.1, 0.15) is 22.8 Å². The molecule has 1 unspecified atom stereocenters. The van der Waals surface area contributed by atoms with Crippen LogP contribution in [0.15, 0.2) is 18.2 Å². The molecule has 0 aliphatic rings. The highest BCUT2D eigenvalue weighted by atomic mass is 16.6. The van der Waals surface area contributed by atoms with E-state index in [1.165, 1.54) is 31.0 Å². The van der Waals surface area contributed by atoms with Crippen molar-refractivity contribution in [1.82, 2.24) is 4.90 Å². The van der Waals surface area contributed by atoms with Gasteiger partial charge in [0.1, 0.15) is 5.56 Å². The van der Waals surface area contributed by atoms with Gasteiger partial charge in [-0.1, -0.05) is 19.1 Å². The number of hydrogen-bond acceptors (Lipinski definition) is 4. The zero-order valence-electron chi connectivity index (χ0n) is 11.5. The van der Waals surface area contributed by atoms with Crippen LogP contribution in [0.4, 0.5) is 5.69 Å². The fraction of sp³-hybridized carbons (Fsp3) is 0.385. The van der Waals surface area contributed by atoms with Crippen LogP contribution in [0.5, 0.6) is 0 Å². The van der Waals surface area contributed by atoms with E-state index in [-0.39, 0.29) is 17.8 Å². The van der Waals surface area contributed by atoms with Gasteiger partial charge in [-0.3, -0.25) is 19.7 Å². The van der Waals surface area contributed by atoms with Gasteiger partial charge in [-0.2, -0.15) is 0 Å². The Morgan fingerprint density at radius 2 is 2.05 bits per heavy atom. The predicted molar refractivity (Wildman–Crippen MR) is 71.6 cm³/mol. The third-order valence-corrected chi connectivity index (χ3v) is 2.98. The fourth-order valence-electron chi connectivity index (χ4n) is 1.85. The smallest absolute Gasteiger partial charge is 0.308 e. The Labute approximate surface area is 116 Å². The molecular weight excluding hydrogens is 264 g/mol. The second-order valence-electron chi connectivity index (χ2n) is 4.65. The van der Waals surface area contributed by atoms with Crippen molar-refractivity contribution >= 4 is 17.6 Å². The maximum atomic E-state index is 12.3. The maximum Gasteiger partial charge on any atom is 0.308 e. The number of carboxylic acid groups (broad SMARTS) is 1. The van der Waals surface area contributed by atoms with Crippen molar-refractivity contribution in [2.45, 2.75) is 13.8 Å². The summed E-state index contributed by atoms with van der Waals surface area (Å²) in [4.78, 5) is 34.6. The van der Waals surface area contributed by atoms with Crippen LogP contribution in [0, 0.1) is 23.0 Å². The van der Waals surface area contributed by atoms with Crippen molar-refractivity contribution in [3.05, 3.63) is 39.4 Å². The summed E-state index contributed by atoms with van der Waals surface area (Å²) in [7, 11) is 1.43. The van der Waals surface area contributed by atoms with Gasteiger partial charge in [-0.25, -0.2) is 0 Å². The monoisotopic (exact) mass is 280 g/mol. The van der Waals surface area contributed by atoms with E-state index >= 15 is 0 Å². The minimum atomic E-state index is -1.02. The summed E-state index contributed by atoms with van der Waals surface area (Å²) < 4.78 is 0. The number of carboxylic acids is 1. The minimum Gasteiger partial charge on any atom is -0.481 e. The summed E-state index contributed by atoms with van der Waals surface area (Å²) in [5.41, 5.74) is 0.210. The van der Waals surface area contributed by atoms with E-state index in [1.54, 1.807) is 13.0 Å². The highest BCUT2D eigenvalue weighted by Crippen LogP contribution is 2.23. The molecule has 0 bridgehead atoms. The number of carbonyl (C=O) groups excluding carboxylic acids is 1. The second-order valence-corrected chi connectivity index (χ2v) is 4.65. The highest BCUT2D eigenvalue weighted by molar-refractivity contribution is 5.99. The molecule has 0 radical (unpaired) electrons. The lowest BCUT2D eigenvalue weighted by Gasteiger charge is -2.20. The van der Waals surface area contributed by atoms with Crippen molar-refractivity contribution in [3.8, 4) is 0 Å². The lowest BCUT2D eigenvalue weighted by molar-refractivity contribution is -0.385. The molecule has 0 aromatic heterocycles. The summed E-state index contributed by atoms with van der Waals surface area (Å²) in [6.07, 6.45) is 0. The quantitative estimate of drug-likeness (QED) is 0.653. The van der Waals surface area contributed by atoms with Gasteiger partial charge >= 0.3 is 5.97 Å². The van der Waals surface area contributed by atoms with Crippen molar-refractivity contribution in [1.29, 1.82) is 0 Å². The van der Waals surface area contributed by atoms with E-state index in [1.807, 2.05) is 0 Å². The molecule has 0 spiro atoms. The first-order valence-corrected chi connectivity index (χ1v) is 5.98. The number of amides is 1. The van der Waals surface area contributed by atoms with Crippen LogP contribution < -0.4 is 0 Å². The number of carbonyl (C=O) groups is 2. The first-order valence-electron chi connectivity index (χ1n) is 5.98. The lowest BCUT2D eigenvalue weighted by Crippen LogP contribution is -2.34. The van der Waals surface area contributed by atoms with Crippen LogP contribution in [0.25, 0.3) is 0 Å². The molecular formula is C13H16N2O5. The van der Waals surface area contributed by atoms with E-state index in [0.29, 0.717) is 5.56 Å². The Hall–Kier alpha value is -2.44. The van der Waals surface area contributed by atoms with Gasteiger partial charge in [-0.05, 0) is 12.5 Å². The molecule has 1 atom stereocenters. The van der Waals surface area contributed by atoms with E-state index in [4.69, 9.17) is 5.11 Å². The number of rotatable bonds is 5. The second kappa shape index (κ2) is 6.14. The fourth-order valence-corrected chi connectivity index (χ4v) is 1.85. The van der Waals surface area contributed by atoms with Gasteiger partial charge in [0.25, 0.3) is 11.6 Å². The summed E-state index contributed by atoms with van der Waals surface area (Å²) >= 11 is 0. The van der Waals surface area contributed by atoms with Crippen LogP contribution in [-0.2, 0) is 4.79 Å². The van der Waals surface area contributed by atoms with Crippen molar-refractivity contribution in [3.63, 3.8) is 0 Å². The Morgan fingerprint density at radius 1 is 1.45 bits per heavy atom. The Kier molecular flexibility index (Phi) is 4.79. The number of benzene rings is 1.